The Balaban J connectivity index is 2.17. The van der Waals surface area contributed by atoms with Gasteiger partial charge in [0, 0.05) is 18.2 Å². The van der Waals surface area contributed by atoms with Crippen molar-refractivity contribution >= 4 is 16.9 Å². The minimum Gasteiger partial charge on any atom is -0.457 e. The summed E-state index contributed by atoms with van der Waals surface area (Å²) in [6, 6.07) is 9.10. The lowest BCUT2D eigenvalue weighted by atomic mass is 10.1. The lowest BCUT2D eigenvalue weighted by Crippen LogP contribution is -2.20. The number of nitrogens with zero attached hydrogens (tertiary/aromatic N) is 1. The van der Waals surface area contributed by atoms with Crippen LogP contribution in [-0.2, 0) is 9.47 Å². The molecule has 0 unspecified atom stereocenters. The zero-order valence-corrected chi connectivity index (χ0v) is 11.1. The Hall–Kier alpha value is -1.94. The predicted molar refractivity (Wildman–Crippen MR) is 73.1 cm³/mol. The standard InChI is InChI=1S/C15H17NO3/c1-3-18-10-11(2)19-15(17)13-6-4-8-14-12(13)7-5-9-16-14/h4-9,11H,3,10H2,1-2H3/t11-/m0/s1. The van der Waals surface area contributed by atoms with Crippen LogP contribution in [0.3, 0.4) is 0 Å². The van der Waals surface area contributed by atoms with Gasteiger partial charge in [-0.3, -0.25) is 4.98 Å². The number of hydrogen-bond donors (Lipinski definition) is 0. The average molecular weight is 259 g/mol. The van der Waals surface area contributed by atoms with Gasteiger partial charge in [0.1, 0.15) is 6.10 Å². The number of hydrogen-bond acceptors (Lipinski definition) is 4. The highest BCUT2D eigenvalue weighted by Crippen LogP contribution is 2.17. The normalized spacial score (nSPS) is 12.3. The van der Waals surface area contributed by atoms with Gasteiger partial charge >= 0.3 is 5.97 Å². The first kappa shape index (κ1) is 13.5. The van der Waals surface area contributed by atoms with Crippen LogP contribution in [0.1, 0.15) is 24.2 Å². The Morgan fingerprint density at radius 1 is 1.32 bits per heavy atom. The topological polar surface area (TPSA) is 48.4 Å². The molecule has 0 aliphatic rings. The van der Waals surface area contributed by atoms with Crippen molar-refractivity contribution in [2.75, 3.05) is 13.2 Å². The smallest absolute Gasteiger partial charge is 0.339 e. The fraction of sp³-hybridized carbons (Fsp3) is 0.333. The molecular weight excluding hydrogens is 242 g/mol. The SMILES string of the molecule is CCOC[C@H](C)OC(=O)c1cccc2ncccc12. The van der Waals surface area contributed by atoms with Crippen LogP contribution < -0.4 is 0 Å². The first-order chi connectivity index (χ1) is 9.22. The Labute approximate surface area is 112 Å². The van der Waals surface area contributed by atoms with E-state index in [1.54, 1.807) is 18.3 Å². The van der Waals surface area contributed by atoms with E-state index in [4.69, 9.17) is 9.47 Å². The van der Waals surface area contributed by atoms with Crippen molar-refractivity contribution in [3.05, 3.63) is 42.1 Å². The Bertz CT molecular complexity index is 563. The molecule has 1 heterocycles. The number of rotatable bonds is 5. The summed E-state index contributed by atoms with van der Waals surface area (Å²) in [5.41, 5.74) is 1.32. The second kappa shape index (κ2) is 6.29. The van der Waals surface area contributed by atoms with Crippen molar-refractivity contribution in [3.63, 3.8) is 0 Å². The zero-order chi connectivity index (χ0) is 13.7. The Kier molecular flexibility index (Phi) is 4.47. The summed E-state index contributed by atoms with van der Waals surface area (Å²) in [5.74, 6) is -0.342. The molecule has 4 heteroatoms. The summed E-state index contributed by atoms with van der Waals surface area (Å²) >= 11 is 0. The summed E-state index contributed by atoms with van der Waals surface area (Å²) in [6.07, 6.45) is 1.44. The highest BCUT2D eigenvalue weighted by atomic mass is 16.6. The van der Waals surface area contributed by atoms with E-state index < -0.39 is 0 Å². The van der Waals surface area contributed by atoms with E-state index >= 15 is 0 Å². The van der Waals surface area contributed by atoms with Crippen LogP contribution in [0, 0.1) is 0 Å². The van der Waals surface area contributed by atoms with E-state index in [2.05, 4.69) is 4.98 Å². The fourth-order valence-corrected chi connectivity index (χ4v) is 1.85. The van der Waals surface area contributed by atoms with Crippen LogP contribution in [0.25, 0.3) is 10.9 Å². The van der Waals surface area contributed by atoms with E-state index in [1.807, 2.05) is 32.0 Å². The second-order valence-electron chi connectivity index (χ2n) is 4.25. The minimum absolute atomic E-state index is 0.264. The quantitative estimate of drug-likeness (QED) is 0.775. The number of ether oxygens (including phenoxy) is 2. The summed E-state index contributed by atoms with van der Waals surface area (Å²) in [4.78, 5) is 16.3. The number of carbonyl (C=O) groups is 1. The van der Waals surface area contributed by atoms with E-state index in [9.17, 15) is 4.79 Å². The molecule has 1 aromatic carbocycles. The van der Waals surface area contributed by atoms with Crippen LogP contribution in [0.5, 0.6) is 0 Å². The molecule has 0 aliphatic heterocycles. The molecule has 19 heavy (non-hydrogen) atoms. The molecule has 2 aromatic rings. The molecule has 100 valence electrons. The maximum atomic E-state index is 12.1. The highest BCUT2D eigenvalue weighted by Gasteiger charge is 2.14. The van der Waals surface area contributed by atoms with Gasteiger partial charge in [0.2, 0.25) is 0 Å². The maximum absolute atomic E-state index is 12.1. The monoisotopic (exact) mass is 259 g/mol. The third-order valence-electron chi connectivity index (χ3n) is 2.73. The molecule has 1 aromatic heterocycles. The van der Waals surface area contributed by atoms with Crippen LogP contribution in [0.4, 0.5) is 0 Å². The molecule has 0 amide bonds. The van der Waals surface area contributed by atoms with Gasteiger partial charge in [0.25, 0.3) is 0 Å². The second-order valence-corrected chi connectivity index (χ2v) is 4.25. The lowest BCUT2D eigenvalue weighted by molar-refractivity contribution is 0.00457. The third kappa shape index (κ3) is 3.29. The number of pyridine rings is 1. The lowest BCUT2D eigenvalue weighted by Gasteiger charge is -2.13. The molecule has 0 fully saturated rings. The van der Waals surface area contributed by atoms with Crippen LogP contribution in [-0.4, -0.2) is 30.3 Å². The summed E-state index contributed by atoms with van der Waals surface area (Å²) in [6.45, 7) is 4.74. The molecule has 0 spiro atoms. The molecule has 4 nitrogen and oxygen atoms in total. The van der Waals surface area contributed by atoms with Crippen LogP contribution in [0.2, 0.25) is 0 Å². The van der Waals surface area contributed by atoms with Gasteiger partial charge in [-0.2, -0.15) is 0 Å². The predicted octanol–water partition coefficient (Wildman–Crippen LogP) is 2.82. The van der Waals surface area contributed by atoms with Gasteiger partial charge in [-0.25, -0.2) is 4.79 Å². The van der Waals surface area contributed by atoms with Crippen molar-refractivity contribution in [1.82, 2.24) is 4.98 Å². The Morgan fingerprint density at radius 3 is 2.95 bits per heavy atom. The van der Waals surface area contributed by atoms with Crippen molar-refractivity contribution in [3.8, 4) is 0 Å². The van der Waals surface area contributed by atoms with E-state index in [-0.39, 0.29) is 12.1 Å². The molecule has 0 radical (unpaired) electrons. The number of benzene rings is 1. The van der Waals surface area contributed by atoms with Crippen molar-refractivity contribution in [2.24, 2.45) is 0 Å². The first-order valence-corrected chi connectivity index (χ1v) is 6.35. The highest BCUT2D eigenvalue weighted by molar-refractivity contribution is 6.03. The first-order valence-electron chi connectivity index (χ1n) is 6.35. The fourth-order valence-electron chi connectivity index (χ4n) is 1.85. The molecule has 0 saturated carbocycles. The largest absolute Gasteiger partial charge is 0.457 e. The van der Waals surface area contributed by atoms with Gasteiger partial charge in [0.05, 0.1) is 17.7 Å². The molecule has 2 rings (SSSR count). The molecular formula is C15H17NO3. The number of aromatic nitrogens is 1. The van der Waals surface area contributed by atoms with Crippen molar-refractivity contribution in [1.29, 1.82) is 0 Å². The zero-order valence-electron chi connectivity index (χ0n) is 11.1. The molecule has 0 N–H and O–H groups in total. The third-order valence-corrected chi connectivity index (χ3v) is 2.73. The summed E-state index contributed by atoms with van der Waals surface area (Å²) in [5, 5.41) is 0.804. The molecule has 1 atom stereocenters. The molecule has 0 aliphatic carbocycles. The van der Waals surface area contributed by atoms with Gasteiger partial charge in [-0.15, -0.1) is 0 Å². The van der Waals surface area contributed by atoms with Gasteiger partial charge < -0.3 is 9.47 Å². The van der Waals surface area contributed by atoms with Gasteiger partial charge in [-0.1, -0.05) is 12.1 Å². The summed E-state index contributed by atoms with van der Waals surface area (Å²) in [7, 11) is 0. The molecule has 0 bridgehead atoms. The van der Waals surface area contributed by atoms with Gasteiger partial charge in [0.15, 0.2) is 0 Å². The van der Waals surface area contributed by atoms with Crippen molar-refractivity contribution < 1.29 is 14.3 Å². The number of esters is 1. The van der Waals surface area contributed by atoms with Crippen LogP contribution >= 0.6 is 0 Å². The maximum Gasteiger partial charge on any atom is 0.339 e. The average Bonchev–Trinajstić information content (AvgIpc) is 2.44. The van der Waals surface area contributed by atoms with E-state index in [1.165, 1.54) is 0 Å². The van der Waals surface area contributed by atoms with Gasteiger partial charge in [-0.05, 0) is 32.0 Å². The minimum atomic E-state index is -0.342. The van der Waals surface area contributed by atoms with Crippen molar-refractivity contribution in [2.45, 2.75) is 20.0 Å². The number of fused-ring (bicyclic) bond motifs is 1. The summed E-state index contributed by atoms with van der Waals surface area (Å²) < 4.78 is 10.6. The molecule has 0 saturated heterocycles. The number of carbonyl (C=O) groups excluding carboxylic acids is 1. The van der Waals surface area contributed by atoms with E-state index in [0.717, 1.165) is 10.9 Å². The van der Waals surface area contributed by atoms with E-state index in [0.29, 0.717) is 18.8 Å². The Morgan fingerprint density at radius 2 is 2.16 bits per heavy atom. The van der Waals surface area contributed by atoms with Crippen LogP contribution in [0.15, 0.2) is 36.5 Å².